The van der Waals surface area contributed by atoms with E-state index in [4.69, 9.17) is 16.3 Å². The summed E-state index contributed by atoms with van der Waals surface area (Å²) in [6, 6.07) is 6.47. The summed E-state index contributed by atoms with van der Waals surface area (Å²) in [6.07, 6.45) is -0.217. The molecule has 2 heterocycles. The monoisotopic (exact) mass is 358 g/mol. The molecule has 2 fully saturated rings. The number of rotatable bonds is 3. The zero-order valence-corrected chi connectivity index (χ0v) is 13.6. The van der Waals surface area contributed by atoms with Gasteiger partial charge in [0.05, 0.1) is 12.0 Å². The van der Waals surface area contributed by atoms with Gasteiger partial charge in [-0.3, -0.25) is 9.59 Å². The van der Waals surface area contributed by atoms with E-state index >= 15 is 0 Å². The van der Waals surface area contributed by atoms with Crippen LogP contribution in [0.1, 0.15) is 12.8 Å². The van der Waals surface area contributed by atoms with E-state index in [-0.39, 0.29) is 13.2 Å². The fourth-order valence-corrected chi connectivity index (χ4v) is 3.49. The van der Waals surface area contributed by atoms with Crippen molar-refractivity contribution in [3.8, 4) is 5.75 Å². The molecular formula is C16H17ClF2N2O3. The Kier molecular flexibility index (Phi) is 4.38. The normalized spacial score (nSPS) is 25.6. The first-order valence-corrected chi connectivity index (χ1v) is 8.00. The minimum Gasteiger partial charge on any atom is -0.484 e. The summed E-state index contributed by atoms with van der Waals surface area (Å²) in [7, 11) is 0. The molecule has 2 aliphatic heterocycles. The van der Waals surface area contributed by atoms with Crippen LogP contribution >= 0.6 is 11.6 Å². The van der Waals surface area contributed by atoms with Crippen molar-refractivity contribution < 1.29 is 23.1 Å². The zero-order chi connectivity index (χ0) is 17.4. The molecule has 0 saturated carbocycles. The zero-order valence-electron chi connectivity index (χ0n) is 12.9. The van der Waals surface area contributed by atoms with Crippen molar-refractivity contribution in [3.63, 3.8) is 0 Å². The number of alkyl halides is 2. The molecule has 1 N–H and O–H groups in total. The van der Waals surface area contributed by atoms with Crippen LogP contribution in [0.5, 0.6) is 5.75 Å². The largest absolute Gasteiger partial charge is 0.484 e. The molecule has 0 aliphatic carbocycles. The molecule has 1 aromatic carbocycles. The lowest BCUT2D eigenvalue weighted by molar-refractivity contribution is -0.161. The predicted octanol–water partition coefficient (Wildman–Crippen LogP) is 2.09. The highest BCUT2D eigenvalue weighted by Gasteiger charge is 2.55. The Bertz CT molecular complexity index is 670. The molecule has 8 heteroatoms. The quantitative estimate of drug-likeness (QED) is 0.900. The number of halogens is 3. The van der Waals surface area contributed by atoms with Gasteiger partial charge in [-0.25, -0.2) is 8.78 Å². The smallest absolute Gasteiger partial charge is 0.266 e. The molecular weight excluding hydrogens is 342 g/mol. The summed E-state index contributed by atoms with van der Waals surface area (Å²) in [4.78, 5) is 25.3. The number of amides is 2. The van der Waals surface area contributed by atoms with Crippen LogP contribution in [0, 0.1) is 5.41 Å². The number of piperidine rings is 1. The number of nitrogens with one attached hydrogen (secondary N) is 1. The highest BCUT2D eigenvalue weighted by atomic mass is 35.5. The van der Waals surface area contributed by atoms with Crippen LogP contribution in [0.2, 0.25) is 5.02 Å². The second-order valence-corrected chi connectivity index (χ2v) is 6.75. The number of ether oxygens (including phenoxy) is 1. The Morgan fingerprint density at radius 2 is 2.17 bits per heavy atom. The highest BCUT2D eigenvalue weighted by molar-refractivity contribution is 6.30. The first-order valence-electron chi connectivity index (χ1n) is 7.62. The van der Waals surface area contributed by atoms with Crippen LogP contribution in [0.4, 0.5) is 8.78 Å². The first kappa shape index (κ1) is 17.0. The third kappa shape index (κ3) is 3.45. The molecule has 0 aromatic heterocycles. The first-order chi connectivity index (χ1) is 11.3. The number of nitrogens with zero attached hydrogens (tertiary/aromatic N) is 1. The van der Waals surface area contributed by atoms with Crippen molar-refractivity contribution >= 4 is 23.4 Å². The Labute approximate surface area is 142 Å². The topological polar surface area (TPSA) is 58.6 Å². The molecule has 1 aromatic rings. The third-order valence-corrected chi connectivity index (χ3v) is 4.63. The Hall–Kier alpha value is -1.89. The molecule has 0 bridgehead atoms. The number of carbonyl (C=O) groups excluding carboxylic acids is 2. The van der Waals surface area contributed by atoms with E-state index in [1.165, 1.54) is 6.07 Å². The van der Waals surface area contributed by atoms with Crippen LogP contribution in [-0.4, -0.2) is 48.9 Å². The van der Waals surface area contributed by atoms with Gasteiger partial charge in [-0.1, -0.05) is 17.7 Å². The lowest BCUT2D eigenvalue weighted by Crippen LogP contribution is -2.57. The Morgan fingerprint density at radius 3 is 2.83 bits per heavy atom. The van der Waals surface area contributed by atoms with E-state index in [0.717, 1.165) is 4.90 Å². The van der Waals surface area contributed by atoms with E-state index in [2.05, 4.69) is 5.32 Å². The van der Waals surface area contributed by atoms with Gasteiger partial charge in [0.15, 0.2) is 6.61 Å². The van der Waals surface area contributed by atoms with Gasteiger partial charge in [0, 0.05) is 24.5 Å². The molecule has 0 radical (unpaired) electrons. The molecule has 2 saturated heterocycles. The van der Waals surface area contributed by atoms with Gasteiger partial charge in [0.1, 0.15) is 5.75 Å². The van der Waals surface area contributed by atoms with Gasteiger partial charge < -0.3 is 15.0 Å². The average Bonchev–Trinajstić information content (AvgIpc) is 2.83. The van der Waals surface area contributed by atoms with Crippen molar-refractivity contribution in [2.75, 3.05) is 26.2 Å². The number of benzene rings is 1. The van der Waals surface area contributed by atoms with Crippen molar-refractivity contribution in [3.05, 3.63) is 29.3 Å². The summed E-state index contributed by atoms with van der Waals surface area (Å²) in [5, 5.41) is 3.04. The minimum absolute atomic E-state index is 0.00778. The van der Waals surface area contributed by atoms with E-state index in [1.807, 2.05) is 0 Å². The van der Waals surface area contributed by atoms with E-state index in [1.54, 1.807) is 18.2 Å². The van der Waals surface area contributed by atoms with Crippen molar-refractivity contribution in [1.82, 2.24) is 10.2 Å². The number of hydrogen-bond acceptors (Lipinski definition) is 3. The van der Waals surface area contributed by atoms with Crippen LogP contribution in [0.25, 0.3) is 0 Å². The lowest BCUT2D eigenvalue weighted by Gasteiger charge is -2.42. The van der Waals surface area contributed by atoms with E-state index < -0.39 is 36.1 Å². The van der Waals surface area contributed by atoms with Crippen LogP contribution in [0.3, 0.4) is 0 Å². The van der Waals surface area contributed by atoms with Gasteiger partial charge in [0.25, 0.3) is 11.8 Å². The van der Waals surface area contributed by atoms with Crippen LogP contribution in [-0.2, 0) is 9.59 Å². The minimum atomic E-state index is -3.09. The summed E-state index contributed by atoms with van der Waals surface area (Å²) in [6.45, 7) is -0.726. The number of hydrogen-bond donors (Lipinski definition) is 1. The second kappa shape index (κ2) is 6.20. The summed E-state index contributed by atoms with van der Waals surface area (Å²) < 4.78 is 33.5. The molecule has 2 aliphatic rings. The maximum absolute atomic E-state index is 14.1. The Morgan fingerprint density at radius 1 is 1.38 bits per heavy atom. The fraction of sp³-hybridized carbons (Fsp3) is 0.500. The van der Waals surface area contributed by atoms with Crippen LogP contribution < -0.4 is 10.1 Å². The van der Waals surface area contributed by atoms with Crippen LogP contribution in [0.15, 0.2) is 24.3 Å². The van der Waals surface area contributed by atoms with Crippen molar-refractivity contribution in [2.45, 2.75) is 18.8 Å². The molecule has 1 atom stereocenters. The predicted molar refractivity (Wildman–Crippen MR) is 83.2 cm³/mol. The molecule has 5 nitrogen and oxygen atoms in total. The van der Waals surface area contributed by atoms with Gasteiger partial charge in [-0.05, 0) is 24.6 Å². The fourth-order valence-electron chi connectivity index (χ4n) is 3.31. The van der Waals surface area contributed by atoms with Crippen molar-refractivity contribution in [2.24, 2.45) is 5.41 Å². The molecule has 130 valence electrons. The maximum atomic E-state index is 14.1. The Balaban J connectivity index is 1.68. The second-order valence-electron chi connectivity index (χ2n) is 6.31. The van der Waals surface area contributed by atoms with E-state index in [0.29, 0.717) is 23.7 Å². The lowest BCUT2D eigenvalue weighted by atomic mass is 9.77. The number of carbonyl (C=O) groups is 2. The van der Waals surface area contributed by atoms with Gasteiger partial charge in [-0.15, -0.1) is 0 Å². The SMILES string of the molecule is O=C(COc1cccc(Cl)c1)N1CC(F)(F)CC2(CCNC2=O)C1. The highest BCUT2D eigenvalue weighted by Crippen LogP contribution is 2.43. The van der Waals surface area contributed by atoms with Gasteiger partial charge >= 0.3 is 0 Å². The maximum Gasteiger partial charge on any atom is 0.266 e. The molecule has 2 amide bonds. The number of likely N-dealkylation sites (tertiary alicyclic amines) is 1. The third-order valence-electron chi connectivity index (χ3n) is 4.39. The molecule has 3 rings (SSSR count). The molecule has 24 heavy (non-hydrogen) atoms. The average molecular weight is 359 g/mol. The van der Waals surface area contributed by atoms with Crippen molar-refractivity contribution in [1.29, 1.82) is 0 Å². The van der Waals surface area contributed by atoms with Gasteiger partial charge in [0.2, 0.25) is 5.91 Å². The molecule has 1 spiro atoms. The summed E-state index contributed by atoms with van der Waals surface area (Å²) in [5.41, 5.74) is -1.20. The molecule has 1 unspecified atom stereocenters. The van der Waals surface area contributed by atoms with Gasteiger partial charge in [-0.2, -0.15) is 0 Å². The standard InChI is InChI=1S/C16H17ClF2N2O3/c17-11-2-1-3-12(6-11)24-7-13(22)21-9-15(4-5-20-14(15)23)8-16(18,19)10-21/h1-3,6H,4-5,7-10H2,(H,20,23). The van der Waals surface area contributed by atoms with E-state index in [9.17, 15) is 18.4 Å². The summed E-state index contributed by atoms with van der Waals surface area (Å²) >= 11 is 5.83. The summed E-state index contributed by atoms with van der Waals surface area (Å²) in [5.74, 6) is -3.69.